The number of imidazole rings is 1. The van der Waals surface area contributed by atoms with E-state index in [1.54, 1.807) is 12.1 Å². The second-order valence-corrected chi connectivity index (χ2v) is 4.75. The number of amides is 1. The highest BCUT2D eigenvalue weighted by molar-refractivity contribution is 6.03. The van der Waals surface area contributed by atoms with Gasteiger partial charge >= 0.3 is 0 Å². The summed E-state index contributed by atoms with van der Waals surface area (Å²) in [4.78, 5) is 16.6. The summed E-state index contributed by atoms with van der Waals surface area (Å²) >= 11 is 0. The molecule has 4 nitrogen and oxygen atoms in total. The number of hydrogen-bond donors (Lipinski definition) is 1. The average molecular weight is 277 g/mol. The fraction of sp³-hybridized carbons (Fsp3) is 0.0588. The van der Waals surface area contributed by atoms with Crippen molar-refractivity contribution in [2.45, 2.75) is 0 Å². The Morgan fingerprint density at radius 1 is 1.00 bits per heavy atom. The highest BCUT2D eigenvalue weighted by Gasteiger charge is 2.11. The van der Waals surface area contributed by atoms with Crippen molar-refractivity contribution in [2.24, 2.45) is 7.05 Å². The highest BCUT2D eigenvalue weighted by atomic mass is 16.1. The van der Waals surface area contributed by atoms with Crippen LogP contribution in [0.4, 0.5) is 5.95 Å². The molecule has 3 aromatic rings. The molecule has 0 radical (unpaired) electrons. The summed E-state index contributed by atoms with van der Waals surface area (Å²) in [6.45, 7) is 0. The van der Waals surface area contributed by atoms with E-state index in [9.17, 15) is 4.79 Å². The van der Waals surface area contributed by atoms with Crippen LogP contribution in [-0.4, -0.2) is 15.5 Å². The molecular formula is C17H15N3O. The van der Waals surface area contributed by atoms with E-state index in [4.69, 9.17) is 0 Å². The minimum atomic E-state index is -0.163. The maximum atomic E-state index is 12.1. The van der Waals surface area contributed by atoms with Gasteiger partial charge in [0.25, 0.3) is 5.91 Å². The smallest absolute Gasteiger partial charge is 0.257 e. The second kappa shape index (κ2) is 5.63. The normalized spacial score (nSPS) is 10.3. The number of carbonyl (C=O) groups excluding carboxylic acids is 1. The number of rotatable bonds is 3. The van der Waals surface area contributed by atoms with Gasteiger partial charge in [-0.3, -0.25) is 10.1 Å². The summed E-state index contributed by atoms with van der Waals surface area (Å²) in [5.41, 5.74) is 2.47. The Morgan fingerprint density at radius 2 is 1.62 bits per heavy atom. The predicted octanol–water partition coefficient (Wildman–Crippen LogP) is 3.34. The monoisotopic (exact) mass is 277 g/mol. The largest absolute Gasteiger partial charge is 0.320 e. The molecule has 0 aliphatic heterocycles. The first-order valence-corrected chi connectivity index (χ1v) is 6.69. The molecule has 0 spiro atoms. The second-order valence-electron chi connectivity index (χ2n) is 4.75. The fourth-order valence-corrected chi connectivity index (χ4v) is 2.09. The first-order chi connectivity index (χ1) is 10.2. The Bertz CT molecular complexity index is 748. The van der Waals surface area contributed by atoms with Crippen LogP contribution in [0.1, 0.15) is 10.4 Å². The van der Waals surface area contributed by atoms with Crippen molar-refractivity contribution < 1.29 is 4.79 Å². The molecule has 0 atom stereocenters. The molecule has 0 saturated carbocycles. The van der Waals surface area contributed by atoms with E-state index in [1.165, 1.54) is 0 Å². The topological polar surface area (TPSA) is 46.9 Å². The van der Waals surface area contributed by atoms with E-state index < -0.39 is 0 Å². The maximum Gasteiger partial charge on any atom is 0.257 e. The molecule has 4 heteroatoms. The molecule has 0 bridgehead atoms. The molecule has 0 unspecified atom stereocenters. The molecule has 2 aromatic carbocycles. The lowest BCUT2D eigenvalue weighted by Gasteiger charge is -2.04. The molecule has 1 amide bonds. The van der Waals surface area contributed by atoms with Crippen LogP contribution in [0.3, 0.4) is 0 Å². The molecule has 0 aliphatic rings. The summed E-state index contributed by atoms with van der Waals surface area (Å²) in [6, 6.07) is 19.0. The molecule has 1 N–H and O–H groups in total. The Balaban J connectivity index is 1.84. The van der Waals surface area contributed by atoms with E-state index >= 15 is 0 Å². The number of nitrogens with one attached hydrogen (secondary N) is 1. The third-order valence-corrected chi connectivity index (χ3v) is 3.21. The summed E-state index contributed by atoms with van der Waals surface area (Å²) in [5.74, 6) is 0.367. The van der Waals surface area contributed by atoms with E-state index in [0.29, 0.717) is 11.5 Å². The van der Waals surface area contributed by atoms with Gasteiger partial charge in [0.15, 0.2) is 0 Å². The summed E-state index contributed by atoms with van der Waals surface area (Å²) in [5, 5.41) is 2.83. The van der Waals surface area contributed by atoms with E-state index in [0.717, 1.165) is 11.3 Å². The molecular weight excluding hydrogens is 262 g/mol. The zero-order valence-electron chi connectivity index (χ0n) is 11.7. The van der Waals surface area contributed by atoms with Crippen LogP contribution in [0, 0.1) is 0 Å². The lowest BCUT2D eigenvalue weighted by Crippen LogP contribution is -2.14. The Labute approximate surface area is 123 Å². The van der Waals surface area contributed by atoms with E-state index in [1.807, 2.05) is 66.3 Å². The van der Waals surface area contributed by atoms with Crippen molar-refractivity contribution in [3.8, 4) is 11.3 Å². The number of carbonyl (C=O) groups is 1. The van der Waals surface area contributed by atoms with Gasteiger partial charge in [0.05, 0.1) is 5.69 Å². The van der Waals surface area contributed by atoms with Gasteiger partial charge in [-0.05, 0) is 12.1 Å². The SMILES string of the molecule is Cn1cc(-c2ccccc2)nc1NC(=O)c1ccccc1. The molecule has 0 aliphatic carbocycles. The van der Waals surface area contributed by atoms with E-state index in [2.05, 4.69) is 10.3 Å². The predicted molar refractivity (Wildman–Crippen MR) is 83.0 cm³/mol. The average Bonchev–Trinajstić information content (AvgIpc) is 2.90. The van der Waals surface area contributed by atoms with Crippen molar-refractivity contribution >= 4 is 11.9 Å². The van der Waals surface area contributed by atoms with Crippen LogP contribution in [0.25, 0.3) is 11.3 Å². The van der Waals surface area contributed by atoms with Gasteiger partial charge in [0, 0.05) is 24.4 Å². The lowest BCUT2D eigenvalue weighted by atomic mass is 10.2. The first-order valence-electron chi connectivity index (χ1n) is 6.69. The van der Waals surface area contributed by atoms with Crippen LogP contribution < -0.4 is 5.32 Å². The molecule has 21 heavy (non-hydrogen) atoms. The van der Waals surface area contributed by atoms with Crippen LogP contribution in [-0.2, 0) is 7.05 Å². The van der Waals surface area contributed by atoms with E-state index in [-0.39, 0.29) is 5.91 Å². The minimum Gasteiger partial charge on any atom is -0.320 e. The fourth-order valence-electron chi connectivity index (χ4n) is 2.09. The van der Waals surface area contributed by atoms with Crippen LogP contribution in [0.2, 0.25) is 0 Å². The van der Waals surface area contributed by atoms with Crippen molar-refractivity contribution in [1.82, 2.24) is 9.55 Å². The van der Waals surface area contributed by atoms with Gasteiger partial charge in [-0.15, -0.1) is 0 Å². The van der Waals surface area contributed by atoms with Crippen LogP contribution in [0.5, 0.6) is 0 Å². The molecule has 0 fully saturated rings. The minimum absolute atomic E-state index is 0.163. The third kappa shape index (κ3) is 2.84. The number of aryl methyl sites for hydroxylation is 1. The molecule has 1 heterocycles. The quantitative estimate of drug-likeness (QED) is 0.798. The van der Waals surface area contributed by atoms with Crippen LogP contribution >= 0.6 is 0 Å². The van der Waals surface area contributed by atoms with Gasteiger partial charge in [-0.1, -0.05) is 48.5 Å². The zero-order valence-corrected chi connectivity index (χ0v) is 11.7. The molecule has 0 saturated heterocycles. The number of hydrogen-bond acceptors (Lipinski definition) is 2. The van der Waals surface area contributed by atoms with Gasteiger partial charge in [-0.2, -0.15) is 0 Å². The van der Waals surface area contributed by atoms with Crippen molar-refractivity contribution in [2.75, 3.05) is 5.32 Å². The highest BCUT2D eigenvalue weighted by Crippen LogP contribution is 2.20. The van der Waals surface area contributed by atoms with Crippen molar-refractivity contribution in [3.05, 3.63) is 72.4 Å². The van der Waals surface area contributed by atoms with Gasteiger partial charge in [-0.25, -0.2) is 4.98 Å². The number of aromatic nitrogens is 2. The van der Waals surface area contributed by atoms with Gasteiger partial charge in [0.1, 0.15) is 0 Å². The Hall–Kier alpha value is -2.88. The van der Waals surface area contributed by atoms with Gasteiger partial charge in [0.2, 0.25) is 5.95 Å². The number of anilines is 1. The summed E-state index contributed by atoms with van der Waals surface area (Å²) in [6.07, 6.45) is 1.90. The molecule has 104 valence electrons. The lowest BCUT2D eigenvalue weighted by molar-refractivity contribution is 0.102. The molecule has 3 rings (SSSR count). The zero-order chi connectivity index (χ0) is 14.7. The Kier molecular flexibility index (Phi) is 3.51. The Morgan fingerprint density at radius 3 is 2.29 bits per heavy atom. The van der Waals surface area contributed by atoms with Gasteiger partial charge < -0.3 is 4.57 Å². The maximum absolute atomic E-state index is 12.1. The summed E-state index contributed by atoms with van der Waals surface area (Å²) < 4.78 is 1.81. The third-order valence-electron chi connectivity index (χ3n) is 3.21. The van der Waals surface area contributed by atoms with Crippen molar-refractivity contribution in [1.29, 1.82) is 0 Å². The first kappa shape index (κ1) is 13.1. The van der Waals surface area contributed by atoms with Crippen LogP contribution in [0.15, 0.2) is 66.9 Å². The summed E-state index contributed by atoms with van der Waals surface area (Å²) in [7, 11) is 1.86. The molecule has 1 aromatic heterocycles. The van der Waals surface area contributed by atoms with Crippen molar-refractivity contribution in [3.63, 3.8) is 0 Å². The number of nitrogens with zero attached hydrogens (tertiary/aromatic N) is 2. The number of benzene rings is 2. The standard InChI is InChI=1S/C17H15N3O/c1-20-12-15(13-8-4-2-5-9-13)18-17(20)19-16(21)14-10-6-3-7-11-14/h2-12H,1H3,(H,18,19,21).